The van der Waals surface area contributed by atoms with Crippen LogP contribution in [0.15, 0.2) is 92.0 Å². The molecule has 37 heavy (non-hydrogen) atoms. The van der Waals surface area contributed by atoms with Gasteiger partial charge < -0.3 is 4.42 Å². The number of thioether (sulfide) groups is 1. The molecule has 184 valence electrons. The molecule has 2 amide bonds. The van der Waals surface area contributed by atoms with Gasteiger partial charge in [-0.25, -0.2) is 14.6 Å². The molecule has 3 aromatic carbocycles. The van der Waals surface area contributed by atoms with Gasteiger partial charge in [-0.05, 0) is 78.7 Å². The van der Waals surface area contributed by atoms with Crippen LogP contribution >= 0.6 is 11.8 Å². The summed E-state index contributed by atoms with van der Waals surface area (Å²) >= 11 is 1.06. The SMILES string of the molecule is Cc1ccc(C)c(N2C(=O)/C(=C/c3ccc(F)cc3)S/C2=N\NC(=O)c2cc3ccccc3oc2=O)c1. The molecule has 0 atom stereocenters. The minimum absolute atomic E-state index is 0.200. The maximum absolute atomic E-state index is 13.5. The van der Waals surface area contributed by atoms with E-state index < -0.39 is 11.5 Å². The maximum atomic E-state index is 13.5. The number of aryl methyl sites for hydroxylation is 2. The van der Waals surface area contributed by atoms with Crippen molar-refractivity contribution in [2.45, 2.75) is 13.8 Å². The Morgan fingerprint density at radius 2 is 1.78 bits per heavy atom. The molecule has 1 aliphatic rings. The van der Waals surface area contributed by atoms with Crippen LogP contribution < -0.4 is 16.0 Å². The number of para-hydroxylation sites is 1. The molecule has 0 bridgehead atoms. The first-order valence-electron chi connectivity index (χ1n) is 11.3. The Bertz CT molecular complexity index is 1680. The van der Waals surface area contributed by atoms with Gasteiger partial charge in [0.1, 0.15) is 17.0 Å². The topological polar surface area (TPSA) is 92.0 Å². The number of rotatable bonds is 4. The molecule has 5 rings (SSSR count). The monoisotopic (exact) mass is 513 g/mol. The Morgan fingerprint density at radius 3 is 2.57 bits per heavy atom. The molecule has 0 unspecified atom stereocenters. The number of amidine groups is 1. The van der Waals surface area contributed by atoms with Crippen LogP contribution in [0.2, 0.25) is 0 Å². The summed E-state index contributed by atoms with van der Waals surface area (Å²) in [5.74, 6) is -1.49. The third-order valence-corrected chi connectivity index (χ3v) is 6.69. The summed E-state index contributed by atoms with van der Waals surface area (Å²) in [6, 6.07) is 19.7. The lowest BCUT2D eigenvalue weighted by atomic mass is 10.1. The fraction of sp³-hybridized carbons (Fsp3) is 0.0714. The van der Waals surface area contributed by atoms with E-state index >= 15 is 0 Å². The fourth-order valence-electron chi connectivity index (χ4n) is 3.81. The molecule has 0 aliphatic carbocycles. The number of amides is 2. The van der Waals surface area contributed by atoms with E-state index in [1.54, 1.807) is 42.5 Å². The Kier molecular flexibility index (Phi) is 6.45. The highest BCUT2D eigenvalue weighted by atomic mass is 32.2. The molecule has 7 nitrogen and oxygen atoms in total. The molecule has 0 saturated carbocycles. The van der Waals surface area contributed by atoms with Crippen LogP contribution in [0.25, 0.3) is 17.0 Å². The van der Waals surface area contributed by atoms with Crippen molar-refractivity contribution in [3.8, 4) is 0 Å². The number of anilines is 1. The number of halogens is 1. The lowest BCUT2D eigenvalue weighted by molar-refractivity contribution is -0.113. The molecule has 9 heteroatoms. The molecule has 1 N–H and O–H groups in total. The lowest BCUT2D eigenvalue weighted by Gasteiger charge is -2.18. The van der Waals surface area contributed by atoms with Crippen LogP contribution in [0, 0.1) is 19.7 Å². The average molecular weight is 514 g/mol. The molecule has 1 saturated heterocycles. The van der Waals surface area contributed by atoms with Crippen molar-refractivity contribution in [2.75, 3.05) is 4.90 Å². The van der Waals surface area contributed by atoms with Gasteiger partial charge in [0, 0.05) is 5.39 Å². The molecular weight excluding hydrogens is 493 g/mol. The largest absolute Gasteiger partial charge is 0.422 e. The van der Waals surface area contributed by atoms with Gasteiger partial charge in [0.05, 0.1) is 10.6 Å². The summed E-state index contributed by atoms with van der Waals surface area (Å²) in [4.78, 5) is 40.5. The minimum Gasteiger partial charge on any atom is -0.422 e. The standard InChI is InChI=1S/C28H20FN3O4S/c1-16-7-8-17(2)22(13-16)32-26(34)24(14-18-9-11-20(29)12-10-18)37-28(32)31-30-25(33)21-15-19-5-3-4-6-23(19)36-27(21)35/h3-15H,1-2H3,(H,30,33)/b24-14-,31-28-. The second-order valence-electron chi connectivity index (χ2n) is 8.41. The smallest absolute Gasteiger partial charge is 0.349 e. The van der Waals surface area contributed by atoms with E-state index in [0.29, 0.717) is 27.1 Å². The number of nitrogens with one attached hydrogen (secondary N) is 1. The highest BCUT2D eigenvalue weighted by molar-refractivity contribution is 8.19. The van der Waals surface area contributed by atoms with Gasteiger partial charge in [0.25, 0.3) is 11.8 Å². The third kappa shape index (κ3) is 4.94. The summed E-state index contributed by atoms with van der Waals surface area (Å²) < 4.78 is 18.6. The van der Waals surface area contributed by atoms with E-state index in [1.165, 1.54) is 23.1 Å². The Hall–Kier alpha value is -4.50. The number of carbonyl (C=O) groups is 2. The second-order valence-corrected chi connectivity index (χ2v) is 9.42. The number of hydrogen-bond donors (Lipinski definition) is 1. The van der Waals surface area contributed by atoms with Gasteiger partial charge in [-0.3, -0.25) is 14.5 Å². The first kappa shape index (κ1) is 24.2. The van der Waals surface area contributed by atoms with Crippen LogP contribution in [0.5, 0.6) is 0 Å². The summed E-state index contributed by atoms with van der Waals surface area (Å²) in [5, 5.41) is 5.00. The van der Waals surface area contributed by atoms with Crippen molar-refractivity contribution < 1.29 is 18.4 Å². The van der Waals surface area contributed by atoms with E-state index in [-0.39, 0.29) is 22.5 Å². The van der Waals surface area contributed by atoms with E-state index in [0.717, 1.165) is 22.9 Å². The number of carbonyl (C=O) groups excluding carboxylic acids is 2. The Labute approximate surface area is 215 Å². The molecule has 4 aromatic rings. The van der Waals surface area contributed by atoms with Crippen molar-refractivity contribution in [1.29, 1.82) is 0 Å². The van der Waals surface area contributed by atoms with Gasteiger partial charge >= 0.3 is 5.63 Å². The molecule has 1 aliphatic heterocycles. The van der Waals surface area contributed by atoms with Crippen molar-refractivity contribution in [3.63, 3.8) is 0 Å². The lowest BCUT2D eigenvalue weighted by Crippen LogP contribution is -2.32. The van der Waals surface area contributed by atoms with Gasteiger partial charge in [-0.15, -0.1) is 5.10 Å². The van der Waals surface area contributed by atoms with Crippen LogP contribution in [0.4, 0.5) is 10.1 Å². The minimum atomic E-state index is -0.796. The molecule has 2 heterocycles. The number of hydrogen-bond acceptors (Lipinski definition) is 6. The van der Waals surface area contributed by atoms with E-state index in [9.17, 15) is 18.8 Å². The van der Waals surface area contributed by atoms with Crippen molar-refractivity contribution in [2.24, 2.45) is 5.10 Å². The number of fused-ring (bicyclic) bond motifs is 1. The van der Waals surface area contributed by atoms with Gasteiger partial charge in [-0.2, -0.15) is 0 Å². The highest BCUT2D eigenvalue weighted by Gasteiger charge is 2.36. The average Bonchev–Trinajstić information content (AvgIpc) is 3.19. The number of nitrogens with zero attached hydrogens (tertiary/aromatic N) is 2. The highest BCUT2D eigenvalue weighted by Crippen LogP contribution is 2.37. The molecule has 0 spiro atoms. The van der Waals surface area contributed by atoms with Crippen LogP contribution in [-0.2, 0) is 4.79 Å². The molecule has 1 aromatic heterocycles. The maximum Gasteiger partial charge on any atom is 0.349 e. The summed E-state index contributed by atoms with van der Waals surface area (Å²) in [7, 11) is 0. The Balaban J connectivity index is 1.52. The fourth-order valence-corrected chi connectivity index (χ4v) is 4.75. The van der Waals surface area contributed by atoms with Crippen LogP contribution in [0.3, 0.4) is 0 Å². The zero-order chi connectivity index (χ0) is 26.1. The molecular formula is C28H20FN3O4S. The quantitative estimate of drug-likeness (QED) is 0.225. The van der Waals surface area contributed by atoms with Gasteiger partial charge in [0.15, 0.2) is 5.17 Å². The van der Waals surface area contributed by atoms with Gasteiger partial charge in [0.2, 0.25) is 0 Å². The predicted molar refractivity (Wildman–Crippen MR) is 143 cm³/mol. The van der Waals surface area contributed by atoms with E-state index in [4.69, 9.17) is 4.42 Å². The van der Waals surface area contributed by atoms with Crippen LogP contribution in [0.1, 0.15) is 27.0 Å². The van der Waals surface area contributed by atoms with Gasteiger partial charge in [-0.1, -0.05) is 42.5 Å². The molecule has 1 fully saturated rings. The Morgan fingerprint density at radius 1 is 1.03 bits per heavy atom. The summed E-state index contributed by atoms with van der Waals surface area (Å²) in [6.07, 6.45) is 1.63. The third-order valence-electron chi connectivity index (χ3n) is 5.72. The first-order valence-corrected chi connectivity index (χ1v) is 12.1. The summed E-state index contributed by atoms with van der Waals surface area (Å²) in [5.41, 5.74) is 4.76. The van der Waals surface area contributed by atoms with E-state index in [2.05, 4.69) is 10.5 Å². The normalized spacial score (nSPS) is 15.6. The number of benzene rings is 3. The van der Waals surface area contributed by atoms with Crippen molar-refractivity contribution in [3.05, 3.63) is 116 Å². The zero-order valence-corrected chi connectivity index (χ0v) is 20.6. The van der Waals surface area contributed by atoms with Crippen molar-refractivity contribution >= 4 is 51.5 Å². The summed E-state index contributed by atoms with van der Waals surface area (Å²) in [6.45, 7) is 3.77. The van der Waals surface area contributed by atoms with Crippen LogP contribution in [-0.4, -0.2) is 17.0 Å². The van der Waals surface area contributed by atoms with Crippen molar-refractivity contribution in [1.82, 2.24) is 5.43 Å². The second kappa shape index (κ2) is 9.87. The predicted octanol–water partition coefficient (Wildman–Crippen LogP) is 5.37. The molecule has 0 radical (unpaired) electrons. The first-order chi connectivity index (χ1) is 17.8. The number of hydrazone groups is 1. The zero-order valence-electron chi connectivity index (χ0n) is 19.8. The van der Waals surface area contributed by atoms with E-state index in [1.807, 2.05) is 32.0 Å².